The number of anilines is 1. The van der Waals surface area contributed by atoms with Crippen LogP contribution in [-0.2, 0) is 4.79 Å². The molecule has 1 aromatic rings. The molecule has 1 amide bonds. The number of unbranched alkanes of at least 4 members (excludes halogenated alkanes) is 4. The molecule has 0 unspecified atom stereocenters. The molecule has 0 heterocycles. The van der Waals surface area contributed by atoms with E-state index in [9.17, 15) is 4.79 Å². The van der Waals surface area contributed by atoms with Crippen LogP contribution in [0.4, 0.5) is 5.69 Å². The van der Waals surface area contributed by atoms with Crippen LogP contribution in [0.25, 0.3) is 0 Å². The first-order valence-corrected chi connectivity index (χ1v) is 7.83. The van der Waals surface area contributed by atoms with Crippen LogP contribution in [0.15, 0.2) is 24.3 Å². The molecule has 3 N–H and O–H groups in total. The summed E-state index contributed by atoms with van der Waals surface area (Å²) in [6.07, 6.45) is 6.31. The quantitative estimate of drug-likeness (QED) is 0.511. The van der Waals surface area contributed by atoms with Crippen molar-refractivity contribution in [3.63, 3.8) is 0 Å². The summed E-state index contributed by atoms with van der Waals surface area (Å²) in [5.74, 6) is 0.740. The highest BCUT2D eigenvalue weighted by Gasteiger charge is 2.03. The largest absolute Gasteiger partial charge is 0.487 e. The molecule has 0 atom stereocenters. The van der Waals surface area contributed by atoms with Gasteiger partial charge >= 0.3 is 0 Å². The summed E-state index contributed by atoms with van der Waals surface area (Å²) >= 11 is 4.74. The molecule has 0 aliphatic heterocycles. The van der Waals surface area contributed by atoms with Crippen LogP contribution < -0.4 is 15.8 Å². The Hall–Kier alpha value is -1.62. The lowest BCUT2D eigenvalue weighted by Crippen LogP contribution is -2.17. The Bertz CT molecular complexity index is 446. The van der Waals surface area contributed by atoms with Crippen molar-refractivity contribution in [3.8, 4) is 5.75 Å². The van der Waals surface area contributed by atoms with Gasteiger partial charge < -0.3 is 15.8 Å². The predicted molar refractivity (Wildman–Crippen MR) is 90.7 cm³/mol. The molecule has 1 aromatic carbocycles. The number of nitrogens with two attached hydrogens (primary N) is 1. The summed E-state index contributed by atoms with van der Waals surface area (Å²) in [7, 11) is 0. The normalized spacial score (nSPS) is 10.1. The summed E-state index contributed by atoms with van der Waals surface area (Å²) in [4.78, 5) is 12.1. The second-order valence-electron chi connectivity index (χ2n) is 4.99. The molecule has 0 aromatic heterocycles. The van der Waals surface area contributed by atoms with Gasteiger partial charge in [0.1, 0.15) is 17.3 Å². The third kappa shape index (κ3) is 8.30. The van der Waals surface area contributed by atoms with Crippen LogP contribution in [0, 0.1) is 0 Å². The van der Waals surface area contributed by atoms with Crippen molar-refractivity contribution in [2.45, 2.75) is 45.4 Å². The van der Waals surface area contributed by atoms with Crippen molar-refractivity contribution in [3.05, 3.63) is 24.3 Å². The number of rotatable bonds is 10. The molecule has 116 valence electrons. The number of carbonyl (C=O) groups is 1. The topological polar surface area (TPSA) is 64.3 Å². The van der Waals surface area contributed by atoms with Crippen molar-refractivity contribution >= 4 is 28.8 Å². The van der Waals surface area contributed by atoms with Gasteiger partial charge in [0.15, 0.2) is 0 Å². The zero-order valence-corrected chi connectivity index (χ0v) is 13.4. The van der Waals surface area contributed by atoms with E-state index in [2.05, 4.69) is 12.2 Å². The summed E-state index contributed by atoms with van der Waals surface area (Å²) in [5, 5.41) is 2.88. The minimum Gasteiger partial charge on any atom is -0.487 e. The lowest BCUT2D eigenvalue weighted by Gasteiger charge is -2.08. The molecule has 0 saturated carbocycles. The van der Waals surface area contributed by atoms with E-state index in [0.29, 0.717) is 17.2 Å². The van der Waals surface area contributed by atoms with Gasteiger partial charge in [-0.05, 0) is 30.7 Å². The second kappa shape index (κ2) is 10.2. The number of carbonyl (C=O) groups excluding carboxylic acids is 1. The molecule has 0 fully saturated rings. The number of ether oxygens (including phenoxy) is 1. The van der Waals surface area contributed by atoms with Gasteiger partial charge in [0, 0.05) is 12.1 Å². The van der Waals surface area contributed by atoms with E-state index in [1.54, 1.807) is 12.1 Å². The van der Waals surface area contributed by atoms with Crippen LogP contribution in [-0.4, -0.2) is 17.5 Å². The summed E-state index contributed by atoms with van der Waals surface area (Å²) in [6.45, 7) is 2.40. The Morgan fingerprint density at radius 1 is 1.19 bits per heavy atom. The molecule has 21 heavy (non-hydrogen) atoms. The highest BCUT2D eigenvalue weighted by Crippen LogP contribution is 2.16. The van der Waals surface area contributed by atoms with Crippen LogP contribution in [0.1, 0.15) is 45.4 Å². The number of amides is 1. The fourth-order valence-corrected chi connectivity index (χ4v) is 1.96. The zero-order valence-electron chi connectivity index (χ0n) is 12.6. The van der Waals surface area contributed by atoms with Gasteiger partial charge in [0.25, 0.3) is 0 Å². The maximum Gasteiger partial charge on any atom is 0.224 e. The number of nitrogens with one attached hydrogen (secondary N) is 1. The van der Waals surface area contributed by atoms with E-state index in [-0.39, 0.29) is 12.5 Å². The average molecular weight is 308 g/mol. The molecular formula is C16H24N2O2S. The zero-order chi connectivity index (χ0) is 15.5. The van der Waals surface area contributed by atoms with Crippen molar-refractivity contribution in [2.24, 2.45) is 5.73 Å². The van der Waals surface area contributed by atoms with Gasteiger partial charge in [0.2, 0.25) is 5.91 Å². The SMILES string of the molecule is CCCCCCCC(=O)Nc1ccc(OCC(N)=S)cc1. The van der Waals surface area contributed by atoms with Gasteiger partial charge in [-0.15, -0.1) is 0 Å². The number of benzene rings is 1. The van der Waals surface area contributed by atoms with Gasteiger partial charge in [-0.1, -0.05) is 44.8 Å². The minimum atomic E-state index is 0.0586. The fraction of sp³-hybridized carbons (Fsp3) is 0.500. The van der Waals surface area contributed by atoms with Crippen molar-refractivity contribution in [2.75, 3.05) is 11.9 Å². The first-order valence-electron chi connectivity index (χ1n) is 7.43. The molecule has 0 aliphatic carbocycles. The Morgan fingerprint density at radius 2 is 1.86 bits per heavy atom. The van der Waals surface area contributed by atoms with Gasteiger partial charge in [-0.2, -0.15) is 0 Å². The molecule has 4 nitrogen and oxygen atoms in total. The lowest BCUT2D eigenvalue weighted by atomic mass is 10.1. The molecular weight excluding hydrogens is 284 g/mol. The first-order chi connectivity index (χ1) is 10.1. The Balaban J connectivity index is 2.27. The Morgan fingerprint density at radius 3 is 2.48 bits per heavy atom. The predicted octanol–water partition coefficient (Wildman–Crippen LogP) is 3.65. The van der Waals surface area contributed by atoms with Crippen molar-refractivity contribution in [1.82, 2.24) is 0 Å². The molecule has 0 aliphatic rings. The monoisotopic (exact) mass is 308 g/mol. The van der Waals surface area contributed by atoms with E-state index >= 15 is 0 Å². The van der Waals surface area contributed by atoms with E-state index < -0.39 is 0 Å². The second-order valence-corrected chi connectivity index (χ2v) is 5.52. The van der Waals surface area contributed by atoms with Crippen LogP contribution in [0.2, 0.25) is 0 Å². The summed E-state index contributed by atoms with van der Waals surface area (Å²) in [5.41, 5.74) is 6.14. The lowest BCUT2D eigenvalue weighted by molar-refractivity contribution is -0.116. The van der Waals surface area contributed by atoms with E-state index in [0.717, 1.165) is 18.5 Å². The van der Waals surface area contributed by atoms with Crippen LogP contribution >= 0.6 is 12.2 Å². The number of hydrogen-bond donors (Lipinski definition) is 2. The molecule has 0 spiro atoms. The first kappa shape index (κ1) is 17.4. The van der Waals surface area contributed by atoms with Gasteiger partial charge in [-0.25, -0.2) is 0 Å². The van der Waals surface area contributed by atoms with Crippen molar-refractivity contribution < 1.29 is 9.53 Å². The summed E-state index contributed by atoms with van der Waals surface area (Å²) in [6, 6.07) is 7.19. The molecule has 5 heteroatoms. The van der Waals surface area contributed by atoms with Crippen molar-refractivity contribution in [1.29, 1.82) is 0 Å². The Kier molecular flexibility index (Phi) is 8.43. The third-order valence-electron chi connectivity index (χ3n) is 3.03. The molecule has 1 rings (SSSR count). The van der Waals surface area contributed by atoms with Gasteiger partial charge in [-0.3, -0.25) is 4.79 Å². The third-order valence-corrected chi connectivity index (χ3v) is 3.14. The van der Waals surface area contributed by atoms with E-state index in [1.807, 2.05) is 12.1 Å². The van der Waals surface area contributed by atoms with Crippen LogP contribution in [0.3, 0.4) is 0 Å². The Labute approximate surface area is 132 Å². The highest BCUT2D eigenvalue weighted by molar-refractivity contribution is 7.80. The maximum absolute atomic E-state index is 11.8. The van der Waals surface area contributed by atoms with E-state index in [1.165, 1.54) is 19.3 Å². The summed E-state index contributed by atoms with van der Waals surface area (Å²) < 4.78 is 5.35. The molecule has 0 radical (unpaired) electrons. The van der Waals surface area contributed by atoms with E-state index in [4.69, 9.17) is 22.7 Å². The minimum absolute atomic E-state index is 0.0586. The maximum atomic E-state index is 11.8. The standard InChI is InChI=1S/C16H24N2O2S/c1-2-3-4-5-6-7-16(19)18-13-8-10-14(11-9-13)20-12-15(17)21/h8-11H,2-7,12H2,1H3,(H2,17,21)(H,18,19). The highest BCUT2D eigenvalue weighted by atomic mass is 32.1. The smallest absolute Gasteiger partial charge is 0.224 e. The molecule has 0 bridgehead atoms. The fourth-order valence-electron chi connectivity index (χ4n) is 1.90. The molecule has 0 saturated heterocycles. The van der Waals surface area contributed by atoms with Gasteiger partial charge in [0.05, 0.1) is 0 Å². The van der Waals surface area contributed by atoms with Crippen LogP contribution in [0.5, 0.6) is 5.75 Å². The average Bonchev–Trinajstić information content (AvgIpc) is 2.46. The number of hydrogen-bond acceptors (Lipinski definition) is 3. The number of thiocarbonyl (C=S) groups is 1.